The molecule has 1 aromatic heterocycles. The van der Waals surface area contributed by atoms with E-state index in [2.05, 4.69) is 27.1 Å². The highest BCUT2D eigenvalue weighted by Crippen LogP contribution is 2.37. The number of halogens is 3. The lowest BCUT2D eigenvalue weighted by Gasteiger charge is -2.32. The quantitative estimate of drug-likeness (QED) is 0.274. The fourth-order valence-corrected chi connectivity index (χ4v) is 5.04. The average molecular weight is 561 g/mol. The van der Waals surface area contributed by atoms with Crippen molar-refractivity contribution in [2.75, 3.05) is 52.0 Å². The Labute approximate surface area is 232 Å². The van der Waals surface area contributed by atoms with E-state index in [0.717, 1.165) is 50.3 Å². The van der Waals surface area contributed by atoms with Gasteiger partial charge in [0.2, 0.25) is 0 Å². The monoisotopic (exact) mass is 559 g/mol. The van der Waals surface area contributed by atoms with Crippen molar-refractivity contribution in [2.24, 2.45) is 0 Å². The van der Waals surface area contributed by atoms with Crippen LogP contribution in [-0.2, 0) is 0 Å². The number of aromatic nitrogens is 1. The number of hydrogen-bond acceptors (Lipinski definition) is 6. The number of rotatable bonds is 9. The van der Waals surface area contributed by atoms with Crippen LogP contribution in [0.15, 0.2) is 48.7 Å². The van der Waals surface area contributed by atoms with E-state index in [1.165, 1.54) is 12.1 Å². The van der Waals surface area contributed by atoms with Gasteiger partial charge in [-0.1, -0.05) is 35.3 Å². The Kier molecular flexibility index (Phi) is 9.44. The van der Waals surface area contributed by atoms with Gasteiger partial charge >= 0.3 is 0 Å². The van der Waals surface area contributed by atoms with Gasteiger partial charge in [-0.3, -0.25) is 4.79 Å². The van der Waals surface area contributed by atoms with E-state index in [0.29, 0.717) is 28.4 Å². The van der Waals surface area contributed by atoms with Gasteiger partial charge in [-0.05, 0) is 62.8 Å². The van der Waals surface area contributed by atoms with E-state index in [9.17, 15) is 9.18 Å². The number of pyridine rings is 1. The summed E-state index contributed by atoms with van der Waals surface area (Å²) in [5, 5.41) is 3.20. The van der Waals surface area contributed by atoms with Crippen molar-refractivity contribution in [3.63, 3.8) is 0 Å². The third-order valence-electron chi connectivity index (χ3n) is 6.68. The summed E-state index contributed by atoms with van der Waals surface area (Å²) < 4.78 is 20.0. The number of amides is 1. The Morgan fingerprint density at radius 3 is 2.55 bits per heavy atom. The zero-order valence-corrected chi connectivity index (χ0v) is 23.0. The lowest BCUT2D eigenvalue weighted by atomic mass is 10.0. The molecule has 7 nitrogen and oxygen atoms in total. The molecule has 38 heavy (non-hydrogen) atoms. The summed E-state index contributed by atoms with van der Waals surface area (Å²) in [4.78, 5) is 21.6. The molecule has 1 aliphatic rings. The number of likely N-dealkylation sites (N-methyl/N-ethyl adjacent to an activating group) is 1. The van der Waals surface area contributed by atoms with E-state index in [4.69, 9.17) is 33.7 Å². The van der Waals surface area contributed by atoms with Gasteiger partial charge in [0.25, 0.3) is 5.91 Å². The minimum absolute atomic E-state index is 0.0964. The summed E-state index contributed by atoms with van der Waals surface area (Å²) >= 11 is 12.4. The van der Waals surface area contributed by atoms with Gasteiger partial charge in [0, 0.05) is 60.6 Å². The molecule has 0 aliphatic carbocycles. The summed E-state index contributed by atoms with van der Waals surface area (Å²) in [6, 6.07) is 11.6. The molecule has 202 valence electrons. The first-order chi connectivity index (χ1) is 18.2. The van der Waals surface area contributed by atoms with Gasteiger partial charge in [-0.25, -0.2) is 9.37 Å². The van der Waals surface area contributed by atoms with Crippen LogP contribution in [-0.4, -0.2) is 67.0 Å². The summed E-state index contributed by atoms with van der Waals surface area (Å²) in [5.74, 6) is -0.196. The molecule has 0 radical (unpaired) electrons. The van der Waals surface area contributed by atoms with Crippen LogP contribution in [0.3, 0.4) is 0 Å². The molecule has 0 spiro atoms. The molecule has 0 bridgehead atoms. The lowest BCUT2D eigenvalue weighted by Crippen LogP contribution is -2.45. The van der Waals surface area contributed by atoms with Crippen molar-refractivity contribution in [3.05, 3.63) is 75.7 Å². The first-order valence-corrected chi connectivity index (χ1v) is 13.3. The number of nitrogen functional groups attached to an aromatic ring is 1. The number of carbonyl (C=O) groups excluding carboxylic acids is 1. The Bertz CT molecular complexity index is 1270. The largest absolute Gasteiger partial charge is 0.482 e. The number of nitrogens with two attached hydrogens (primary N) is 1. The Balaban J connectivity index is 1.36. The molecule has 1 aliphatic heterocycles. The zero-order valence-electron chi connectivity index (χ0n) is 21.5. The molecule has 1 atom stereocenters. The van der Waals surface area contributed by atoms with Crippen molar-refractivity contribution >= 4 is 34.9 Å². The number of nitrogens with zero attached hydrogens (tertiary/aromatic N) is 3. The maximum absolute atomic E-state index is 14.0. The van der Waals surface area contributed by atoms with Gasteiger partial charge in [0.1, 0.15) is 11.9 Å². The highest BCUT2D eigenvalue weighted by atomic mass is 35.5. The lowest BCUT2D eigenvalue weighted by molar-refractivity contribution is 0.0949. The van der Waals surface area contributed by atoms with Crippen LogP contribution in [0.1, 0.15) is 35.4 Å². The molecule has 4 rings (SSSR count). The van der Waals surface area contributed by atoms with E-state index < -0.39 is 11.9 Å². The molecule has 1 unspecified atom stereocenters. The molecule has 10 heteroatoms. The summed E-state index contributed by atoms with van der Waals surface area (Å²) in [5.41, 5.74) is 8.54. The maximum Gasteiger partial charge on any atom is 0.251 e. The first-order valence-electron chi connectivity index (χ1n) is 12.6. The number of nitrogens with one attached hydrogen (secondary N) is 1. The molecule has 1 saturated heterocycles. The van der Waals surface area contributed by atoms with Gasteiger partial charge in [-0.2, -0.15) is 0 Å². The SMILES string of the molecule is CC(Oc1cc(-c2ccc(C(=O)NCCCN3CCN(C)CC3)cc2)cnc1N)c1c(Cl)ccc(F)c1Cl. The highest BCUT2D eigenvalue weighted by molar-refractivity contribution is 6.36. The van der Waals surface area contributed by atoms with Crippen LogP contribution in [0.4, 0.5) is 10.2 Å². The van der Waals surface area contributed by atoms with E-state index in [1.54, 1.807) is 31.3 Å². The second kappa shape index (κ2) is 12.8. The van der Waals surface area contributed by atoms with Crippen LogP contribution < -0.4 is 15.8 Å². The predicted molar refractivity (Wildman–Crippen MR) is 150 cm³/mol. The Morgan fingerprint density at radius 1 is 1.13 bits per heavy atom. The number of benzene rings is 2. The fraction of sp³-hybridized carbons (Fsp3) is 0.357. The molecule has 3 aromatic rings. The van der Waals surface area contributed by atoms with Gasteiger partial charge in [0.05, 0.1) is 5.02 Å². The Hall–Kier alpha value is -2.91. The molecule has 1 fully saturated rings. The normalized spacial score (nSPS) is 15.3. The predicted octanol–water partition coefficient (Wildman–Crippen LogP) is 5.28. The van der Waals surface area contributed by atoms with E-state index in [1.807, 2.05) is 12.1 Å². The number of anilines is 1. The molecule has 2 heterocycles. The third-order valence-corrected chi connectivity index (χ3v) is 7.40. The first kappa shape index (κ1) is 28.1. The minimum Gasteiger partial charge on any atom is -0.482 e. The van der Waals surface area contributed by atoms with Crippen molar-refractivity contribution in [2.45, 2.75) is 19.4 Å². The van der Waals surface area contributed by atoms with Crippen LogP contribution >= 0.6 is 23.2 Å². The van der Waals surface area contributed by atoms with Crippen molar-refractivity contribution in [1.82, 2.24) is 20.1 Å². The standard InChI is InChI=1S/C28H32Cl2FN5O2/c1-18(25-22(29)8-9-23(31)26(25)30)38-24-16-21(17-34-27(24)32)19-4-6-20(7-5-19)28(37)33-10-3-11-36-14-12-35(2)13-15-36/h4-9,16-18H,3,10-15H2,1-2H3,(H2,32,34)(H,33,37). The summed E-state index contributed by atoms with van der Waals surface area (Å²) in [7, 11) is 2.14. The van der Waals surface area contributed by atoms with Crippen LogP contribution in [0, 0.1) is 5.82 Å². The highest BCUT2D eigenvalue weighted by Gasteiger charge is 2.20. The van der Waals surface area contributed by atoms with E-state index in [-0.39, 0.29) is 16.7 Å². The van der Waals surface area contributed by atoms with Crippen molar-refractivity contribution in [1.29, 1.82) is 0 Å². The van der Waals surface area contributed by atoms with Crippen molar-refractivity contribution in [3.8, 4) is 16.9 Å². The second-order valence-electron chi connectivity index (χ2n) is 9.46. The van der Waals surface area contributed by atoms with Gasteiger partial charge in [-0.15, -0.1) is 0 Å². The van der Waals surface area contributed by atoms with Crippen LogP contribution in [0.2, 0.25) is 10.0 Å². The van der Waals surface area contributed by atoms with Crippen LogP contribution in [0.25, 0.3) is 11.1 Å². The number of carbonyl (C=O) groups is 1. The van der Waals surface area contributed by atoms with Gasteiger partial charge in [0.15, 0.2) is 11.6 Å². The zero-order chi connectivity index (χ0) is 27.2. The van der Waals surface area contributed by atoms with Gasteiger partial charge < -0.3 is 25.6 Å². The molecule has 1 amide bonds. The number of ether oxygens (including phenoxy) is 1. The maximum atomic E-state index is 14.0. The number of piperazine rings is 1. The van der Waals surface area contributed by atoms with Crippen LogP contribution in [0.5, 0.6) is 5.75 Å². The van der Waals surface area contributed by atoms with E-state index >= 15 is 0 Å². The molecule has 0 saturated carbocycles. The number of hydrogen-bond donors (Lipinski definition) is 2. The average Bonchev–Trinajstić information content (AvgIpc) is 2.91. The molecular weight excluding hydrogens is 528 g/mol. The second-order valence-corrected chi connectivity index (χ2v) is 10.2. The minimum atomic E-state index is -0.674. The Morgan fingerprint density at radius 2 is 1.84 bits per heavy atom. The molecular formula is C28H32Cl2FN5O2. The fourth-order valence-electron chi connectivity index (χ4n) is 4.36. The van der Waals surface area contributed by atoms with Crippen molar-refractivity contribution < 1.29 is 13.9 Å². The topological polar surface area (TPSA) is 83.7 Å². The third kappa shape index (κ3) is 6.94. The smallest absolute Gasteiger partial charge is 0.251 e. The summed E-state index contributed by atoms with van der Waals surface area (Å²) in [6.45, 7) is 7.64. The summed E-state index contributed by atoms with van der Waals surface area (Å²) in [6.07, 6.45) is 1.87. The molecule has 3 N–H and O–H groups in total. The molecule has 2 aromatic carbocycles.